The molecule has 1 amide bonds. The number of nitro benzene ring substituents is 2. The number of nitrogens with zero attached hydrogens (tertiary/aromatic N) is 4. The SMILES string of the molecule is COc1cc(N=Nc2cc(F)c([N+](=O)[O-])cc2[N+](=O)[O-])c(NC(C)=O)cc1NCc1ccccc1. The summed E-state index contributed by atoms with van der Waals surface area (Å²) < 4.78 is 19.5. The fourth-order valence-electron chi connectivity index (χ4n) is 3.06. The molecular weight excluding hydrogens is 463 g/mol. The molecule has 12 nitrogen and oxygen atoms in total. The highest BCUT2D eigenvalue weighted by atomic mass is 19.1. The van der Waals surface area contributed by atoms with E-state index in [0.717, 1.165) is 5.56 Å². The van der Waals surface area contributed by atoms with Crippen molar-refractivity contribution in [2.75, 3.05) is 17.7 Å². The van der Waals surface area contributed by atoms with Gasteiger partial charge < -0.3 is 15.4 Å². The molecule has 0 heterocycles. The zero-order chi connectivity index (χ0) is 25.5. The van der Waals surface area contributed by atoms with E-state index in [-0.39, 0.29) is 11.4 Å². The number of carbonyl (C=O) groups is 1. The zero-order valence-corrected chi connectivity index (χ0v) is 18.5. The van der Waals surface area contributed by atoms with Crippen LogP contribution >= 0.6 is 0 Å². The summed E-state index contributed by atoms with van der Waals surface area (Å²) in [4.78, 5) is 32.0. The monoisotopic (exact) mass is 482 g/mol. The van der Waals surface area contributed by atoms with E-state index in [9.17, 15) is 29.4 Å². The Morgan fingerprint density at radius 3 is 2.23 bits per heavy atom. The van der Waals surface area contributed by atoms with E-state index in [4.69, 9.17) is 4.74 Å². The Morgan fingerprint density at radius 2 is 1.63 bits per heavy atom. The molecule has 0 fully saturated rings. The molecule has 0 unspecified atom stereocenters. The number of benzene rings is 3. The Morgan fingerprint density at radius 1 is 0.971 bits per heavy atom. The van der Waals surface area contributed by atoms with Crippen LogP contribution in [0.15, 0.2) is 64.8 Å². The molecule has 0 bridgehead atoms. The van der Waals surface area contributed by atoms with Crippen molar-refractivity contribution in [3.63, 3.8) is 0 Å². The number of nitrogens with one attached hydrogen (secondary N) is 2. The summed E-state index contributed by atoms with van der Waals surface area (Å²) in [6.07, 6.45) is 0. The highest BCUT2D eigenvalue weighted by Crippen LogP contribution is 2.39. The zero-order valence-electron chi connectivity index (χ0n) is 18.5. The molecule has 0 atom stereocenters. The number of hydrogen-bond acceptors (Lipinski definition) is 9. The summed E-state index contributed by atoms with van der Waals surface area (Å²) in [5, 5.41) is 35.7. The van der Waals surface area contributed by atoms with Gasteiger partial charge in [0.25, 0.3) is 0 Å². The average Bonchev–Trinajstić information content (AvgIpc) is 2.81. The number of halogens is 1. The van der Waals surface area contributed by atoms with E-state index in [0.29, 0.717) is 30.1 Å². The Hall–Kier alpha value is -4.94. The van der Waals surface area contributed by atoms with Gasteiger partial charge in [-0.3, -0.25) is 25.0 Å². The second-order valence-electron chi connectivity index (χ2n) is 7.10. The predicted molar refractivity (Wildman–Crippen MR) is 125 cm³/mol. The maximum Gasteiger partial charge on any atom is 0.311 e. The first kappa shape index (κ1) is 24.7. The molecule has 180 valence electrons. The lowest BCUT2D eigenvalue weighted by Gasteiger charge is -2.15. The van der Waals surface area contributed by atoms with Crippen molar-refractivity contribution in [1.82, 2.24) is 0 Å². The molecule has 0 saturated heterocycles. The molecule has 13 heteroatoms. The molecule has 0 aliphatic carbocycles. The molecular formula is C22H19FN6O6. The minimum Gasteiger partial charge on any atom is -0.495 e. The van der Waals surface area contributed by atoms with E-state index in [1.54, 1.807) is 6.07 Å². The number of hydrogen-bond donors (Lipinski definition) is 2. The van der Waals surface area contributed by atoms with Gasteiger partial charge in [-0.15, -0.1) is 10.2 Å². The Kier molecular flexibility index (Phi) is 7.61. The van der Waals surface area contributed by atoms with Crippen LogP contribution in [0.2, 0.25) is 0 Å². The number of methoxy groups -OCH3 is 1. The van der Waals surface area contributed by atoms with Crippen LogP contribution < -0.4 is 15.4 Å². The van der Waals surface area contributed by atoms with Gasteiger partial charge in [-0.1, -0.05) is 30.3 Å². The molecule has 0 aromatic heterocycles. The molecule has 2 N–H and O–H groups in total. The molecule has 0 spiro atoms. The second-order valence-corrected chi connectivity index (χ2v) is 7.10. The first-order valence-corrected chi connectivity index (χ1v) is 10.0. The van der Waals surface area contributed by atoms with Crippen molar-refractivity contribution in [3.8, 4) is 5.75 Å². The standard InChI is InChI=1S/C22H19FN6O6/c1-13(30)25-16-9-19(24-12-14-6-4-3-5-7-14)22(35-2)10-17(16)26-27-18-8-15(23)20(28(31)32)11-21(18)29(33)34/h3-11,24H,12H2,1-2H3,(H,25,30). The number of anilines is 2. The summed E-state index contributed by atoms with van der Waals surface area (Å²) in [6.45, 7) is 1.73. The van der Waals surface area contributed by atoms with Gasteiger partial charge >= 0.3 is 11.4 Å². The number of amides is 1. The normalized spacial score (nSPS) is 10.7. The van der Waals surface area contributed by atoms with Gasteiger partial charge in [0.1, 0.15) is 11.4 Å². The van der Waals surface area contributed by atoms with Crippen molar-refractivity contribution >= 4 is 40.0 Å². The van der Waals surface area contributed by atoms with Gasteiger partial charge in [-0.25, -0.2) is 0 Å². The third-order valence-electron chi connectivity index (χ3n) is 4.66. The van der Waals surface area contributed by atoms with Gasteiger partial charge in [0.15, 0.2) is 5.69 Å². The van der Waals surface area contributed by atoms with Crippen molar-refractivity contribution in [1.29, 1.82) is 0 Å². The van der Waals surface area contributed by atoms with Crippen LogP contribution in [0.1, 0.15) is 12.5 Å². The van der Waals surface area contributed by atoms with Crippen molar-refractivity contribution in [3.05, 3.63) is 86.2 Å². The number of carbonyl (C=O) groups excluding carboxylic acids is 1. The van der Waals surface area contributed by atoms with Crippen LogP contribution in [-0.4, -0.2) is 22.9 Å². The molecule has 0 aliphatic heterocycles. The third kappa shape index (κ3) is 6.10. The maximum atomic E-state index is 14.1. The maximum absolute atomic E-state index is 14.1. The molecule has 0 saturated carbocycles. The summed E-state index contributed by atoms with van der Waals surface area (Å²) in [5.41, 5.74) is -0.658. The van der Waals surface area contributed by atoms with Crippen LogP contribution in [0.3, 0.4) is 0 Å². The fourth-order valence-corrected chi connectivity index (χ4v) is 3.06. The van der Waals surface area contributed by atoms with Gasteiger partial charge in [0.05, 0.1) is 34.4 Å². The van der Waals surface area contributed by atoms with Crippen molar-refractivity contribution in [2.45, 2.75) is 13.5 Å². The van der Waals surface area contributed by atoms with Crippen LogP contribution in [0.25, 0.3) is 0 Å². The summed E-state index contributed by atoms with van der Waals surface area (Å²) in [7, 11) is 1.42. The van der Waals surface area contributed by atoms with E-state index in [2.05, 4.69) is 20.9 Å². The van der Waals surface area contributed by atoms with Crippen molar-refractivity contribution in [2.24, 2.45) is 10.2 Å². The smallest absolute Gasteiger partial charge is 0.311 e. The highest BCUT2D eigenvalue weighted by Gasteiger charge is 2.25. The first-order valence-electron chi connectivity index (χ1n) is 10.0. The fraction of sp³-hybridized carbons (Fsp3) is 0.136. The van der Waals surface area contributed by atoms with Crippen LogP contribution in [0, 0.1) is 26.0 Å². The van der Waals surface area contributed by atoms with Crippen molar-refractivity contribution < 1.29 is 23.8 Å². The predicted octanol–water partition coefficient (Wildman–Crippen LogP) is 5.64. The minimum atomic E-state index is -1.31. The Balaban J connectivity index is 2.02. The van der Waals surface area contributed by atoms with Crippen LogP contribution in [0.4, 0.5) is 38.5 Å². The number of ether oxygens (including phenoxy) is 1. The summed E-state index contributed by atoms with van der Waals surface area (Å²) in [6, 6.07) is 13.5. The van der Waals surface area contributed by atoms with E-state index in [1.165, 1.54) is 20.1 Å². The Labute approximate surface area is 197 Å². The molecule has 3 aromatic rings. The van der Waals surface area contributed by atoms with Gasteiger partial charge in [-0.05, 0) is 11.6 Å². The number of nitro groups is 2. The van der Waals surface area contributed by atoms with E-state index < -0.39 is 38.6 Å². The molecule has 0 radical (unpaired) electrons. The lowest BCUT2D eigenvalue weighted by molar-refractivity contribution is -0.395. The van der Waals surface area contributed by atoms with Crippen LogP contribution in [0.5, 0.6) is 5.75 Å². The third-order valence-corrected chi connectivity index (χ3v) is 4.66. The lowest BCUT2D eigenvalue weighted by atomic mass is 10.2. The molecule has 3 aromatic carbocycles. The van der Waals surface area contributed by atoms with Gasteiger partial charge in [-0.2, -0.15) is 4.39 Å². The largest absolute Gasteiger partial charge is 0.495 e. The van der Waals surface area contributed by atoms with Crippen LogP contribution in [-0.2, 0) is 11.3 Å². The number of azo groups is 1. The minimum absolute atomic E-state index is 0.0513. The van der Waals surface area contributed by atoms with E-state index >= 15 is 0 Å². The summed E-state index contributed by atoms with van der Waals surface area (Å²) >= 11 is 0. The number of rotatable bonds is 9. The highest BCUT2D eigenvalue weighted by molar-refractivity contribution is 5.93. The Bertz CT molecular complexity index is 1320. The lowest BCUT2D eigenvalue weighted by Crippen LogP contribution is -2.08. The molecule has 3 rings (SSSR count). The molecule has 35 heavy (non-hydrogen) atoms. The first-order chi connectivity index (χ1) is 16.7. The van der Waals surface area contributed by atoms with Gasteiger partial charge in [0.2, 0.25) is 11.7 Å². The topological polar surface area (TPSA) is 161 Å². The quantitative estimate of drug-likeness (QED) is 0.227. The van der Waals surface area contributed by atoms with Gasteiger partial charge in [0, 0.05) is 25.6 Å². The molecule has 0 aliphatic rings. The van der Waals surface area contributed by atoms with E-state index in [1.807, 2.05) is 30.3 Å². The average molecular weight is 482 g/mol. The summed E-state index contributed by atoms with van der Waals surface area (Å²) in [5.74, 6) is -1.41. The second kappa shape index (κ2) is 10.8.